The fourth-order valence-corrected chi connectivity index (χ4v) is 3.89. The van der Waals surface area contributed by atoms with Crippen molar-refractivity contribution in [1.29, 1.82) is 0 Å². The van der Waals surface area contributed by atoms with Gasteiger partial charge in [-0.1, -0.05) is 48.5 Å². The van der Waals surface area contributed by atoms with Crippen molar-refractivity contribution in [3.63, 3.8) is 0 Å². The van der Waals surface area contributed by atoms with E-state index in [1.807, 2.05) is 60.7 Å². The Hall–Kier alpha value is -3.21. The lowest BCUT2D eigenvalue weighted by Crippen LogP contribution is -2.42. The summed E-state index contributed by atoms with van der Waals surface area (Å²) in [4.78, 5) is 32.2. The minimum atomic E-state index is -0.255. The highest BCUT2D eigenvalue weighted by Gasteiger charge is 2.30. The van der Waals surface area contributed by atoms with Crippen molar-refractivity contribution in [2.24, 2.45) is 5.92 Å². The van der Waals surface area contributed by atoms with Gasteiger partial charge in [-0.2, -0.15) is 0 Å². The first-order valence-corrected chi connectivity index (χ1v) is 10.1. The topological polar surface area (TPSA) is 59.5 Å². The van der Waals surface area contributed by atoms with E-state index in [0.717, 1.165) is 35.0 Å². The van der Waals surface area contributed by atoms with Crippen LogP contribution in [0, 0.1) is 5.92 Å². The fourth-order valence-electron chi connectivity index (χ4n) is 3.89. The molecule has 1 atom stereocenters. The number of nitrogens with zero attached hydrogens (tertiary/aromatic N) is 2. The third-order valence-electron chi connectivity index (χ3n) is 5.34. The molecular weight excluding hydrogens is 364 g/mol. The monoisotopic (exact) mass is 388 g/mol. The largest absolute Gasteiger partial charge is 0.466 e. The Kier molecular flexibility index (Phi) is 5.56. The second-order valence-electron chi connectivity index (χ2n) is 7.28. The van der Waals surface area contributed by atoms with Gasteiger partial charge >= 0.3 is 5.97 Å². The highest BCUT2D eigenvalue weighted by atomic mass is 16.5. The maximum absolute atomic E-state index is 13.5. The summed E-state index contributed by atoms with van der Waals surface area (Å²) >= 11 is 0. The smallest absolute Gasteiger partial charge is 0.310 e. The zero-order valence-electron chi connectivity index (χ0n) is 16.5. The molecule has 0 aliphatic carbocycles. The highest BCUT2D eigenvalue weighted by molar-refractivity contribution is 6.07. The number of hydrogen-bond acceptors (Lipinski definition) is 4. The summed E-state index contributed by atoms with van der Waals surface area (Å²) in [5, 5.41) is 0.829. The van der Waals surface area contributed by atoms with Gasteiger partial charge in [-0.25, -0.2) is 4.98 Å². The number of aromatic nitrogens is 1. The lowest BCUT2D eigenvalue weighted by molar-refractivity contribution is -0.149. The van der Waals surface area contributed by atoms with Crippen LogP contribution < -0.4 is 0 Å². The van der Waals surface area contributed by atoms with Crippen LogP contribution in [0.3, 0.4) is 0 Å². The van der Waals surface area contributed by atoms with Crippen molar-refractivity contribution >= 4 is 22.8 Å². The zero-order chi connectivity index (χ0) is 20.2. The third-order valence-corrected chi connectivity index (χ3v) is 5.34. The first-order valence-electron chi connectivity index (χ1n) is 10.1. The summed E-state index contributed by atoms with van der Waals surface area (Å²) in [6.45, 7) is 3.21. The number of fused-ring (bicyclic) bond motifs is 1. The number of ether oxygens (including phenoxy) is 1. The van der Waals surface area contributed by atoms with Crippen molar-refractivity contribution in [3.05, 3.63) is 66.2 Å². The molecule has 1 aliphatic heterocycles. The molecule has 1 amide bonds. The number of rotatable bonds is 4. The first-order chi connectivity index (χ1) is 14.2. The summed E-state index contributed by atoms with van der Waals surface area (Å²) < 4.78 is 5.18. The Labute approximate surface area is 170 Å². The van der Waals surface area contributed by atoms with E-state index in [-0.39, 0.29) is 17.8 Å². The molecule has 0 unspecified atom stereocenters. The van der Waals surface area contributed by atoms with Gasteiger partial charge in [-0.15, -0.1) is 0 Å². The standard InChI is InChI=1S/C24H24N2O3/c1-2-29-24(28)18-11-8-14-26(16-18)23(27)20-15-22(17-9-4-3-5-10-17)25-21-13-7-6-12-19(20)21/h3-7,9-10,12-13,15,18H,2,8,11,14,16H2,1H3/t18-/m0/s1. The van der Waals surface area contributed by atoms with Crippen LogP contribution in [0.2, 0.25) is 0 Å². The molecule has 0 radical (unpaired) electrons. The SMILES string of the molecule is CCOC(=O)[C@H]1CCCN(C(=O)c2cc(-c3ccccc3)nc3ccccc23)C1. The van der Waals surface area contributed by atoms with Crippen molar-refractivity contribution in [2.45, 2.75) is 19.8 Å². The number of para-hydroxylation sites is 1. The van der Waals surface area contributed by atoms with Crippen molar-refractivity contribution in [3.8, 4) is 11.3 Å². The zero-order valence-corrected chi connectivity index (χ0v) is 16.5. The van der Waals surface area contributed by atoms with Gasteiger partial charge in [0.2, 0.25) is 0 Å². The number of carbonyl (C=O) groups excluding carboxylic acids is 2. The minimum Gasteiger partial charge on any atom is -0.466 e. The Morgan fingerprint density at radius 2 is 1.86 bits per heavy atom. The number of pyridine rings is 1. The number of likely N-dealkylation sites (tertiary alicyclic amines) is 1. The molecule has 0 N–H and O–H groups in total. The second kappa shape index (κ2) is 8.43. The van der Waals surface area contributed by atoms with Crippen LogP contribution in [0.5, 0.6) is 0 Å². The molecule has 4 rings (SSSR count). The number of esters is 1. The van der Waals surface area contributed by atoms with Gasteiger partial charge in [-0.05, 0) is 31.9 Å². The maximum Gasteiger partial charge on any atom is 0.310 e. The summed E-state index contributed by atoms with van der Waals surface area (Å²) in [5.41, 5.74) is 3.15. The molecule has 1 fully saturated rings. The third kappa shape index (κ3) is 3.99. The summed E-state index contributed by atoms with van der Waals surface area (Å²) in [6, 6.07) is 19.4. The summed E-state index contributed by atoms with van der Waals surface area (Å²) in [7, 11) is 0. The van der Waals surface area contributed by atoms with E-state index >= 15 is 0 Å². The normalized spacial score (nSPS) is 16.6. The number of amides is 1. The molecule has 5 heteroatoms. The highest BCUT2D eigenvalue weighted by Crippen LogP contribution is 2.27. The lowest BCUT2D eigenvalue weighted by atomic mass is 9.96. The Morgan fingerprint density at radius 1 is 1.10 bits per heavy atom. The van der Waals surface area contributed by atoms with Gasteiger partial charge < -0.3 is 9.64 Å². The summed E-state index contributed by atoms with van der Waals surface area (Å²) in [5.74, 6) is -0.529. The Morgan fingerprint density at radius 3 is 2.66 bits per heavy atom. The van der Waals surface area contributed by atoms with E-state index in [9.17, 15) is 9.59 Å². The lowest BCUT2D eigenvalue weighted by Gasteiger charge is -2.32. The molecule has 1 aliphatic rings. The van der Waals surface area contributed by atoms with Gasteiger partial charge in [0, 0.05) is 24.0 Å². The van der Waals surface area contributed by atoms with E-state index < -0.39 is 0 Å². The van der Waals surface area contributed by atoms with E-state index in [0.29, 0.717) is 25.3 Å². The van der Waals surface area contributed by atoms with Crippen LogP contribution in [0.1, 0.15) is 30.1 Å². The summed E-state index contributed by atoms with van der Waals surface area (Å²) in [6.07, 6.45) is 1.55. The van der Waals surface area contributed by atoms with Gasteiger partial charge in [0.05, 0.1) is 29.3 Å². The maximum atomic E-state index is 13.5. The van der Waals surface area contributed by atoms with Crippen molar-refractivity contribution in [1.82, 2.24) is 9.88 Å². The number of carbonyl (C=O) groups is 2. The quantitative estimate of drug-likeness (QED) is 0.625. The molecule has 29 heavy (non-hydrogen) atoms. The predicted octanol–water partition coefficient (Wildman–Crippen LogP) is 4.32. The van der Waals surface area contributed by atoms with Crippen LogP contribution in [0.4, 0.5) is 0 Å². The average Bonchev–Trinajstić information content (AvgIpc) is 2.78. The van der Waals surface area contributed by atoms with Crippen LogP contribution in [-0.4, -0.2) is 41.5 Å². The van der Waals surface area contributed by atoms with Crippen molar-refractivity contribution in [2.75, 3.05) is 19.7 Å². The van der Waals surface area contributed by atoms with Crippen LogP contribution in [0.25, 0.3) is 22.2 Å². The van der Waals surface area contributed by atoms with Crippen LogP contribution in [-0.2, 0) is 9.53 Å². The van der Waals surface area contributed by atoms with E-state index in [1.54, 1.807) is 11.8 Å². The molecule has 2 aromatic carbocycles. The Balaban J connectivity index is 1.70. The molecule has 0 spiro atoms. The molecule has 0 bridgehead atoms. The predicted molar refractivity (Wildman–Crippen MR) is 112 cm³/mol. The van der Waals surface area contributed by atoms with Gasteiger partial charge in [0.1, 0.15) is 0 Å². The van der Waals surface area contributed by atoms with Gasteiger partial charge in [-0.3, -0.25) is 9.59 Å². The number of piperidine rings is 1. The molecule has 5 nitrogen and oxygen atoms in total. The fraction of sp³-hybridized carbons (Fsp3) is 0.292. The molecule has 148 valence electrons. The minimum absolute atomic E-state index is 0.0604. The van der Waals surface area contributed by atoms with Crippen LogP contribution in [0.15, 0.2) is 60.7 Å². The molecule has 0 saturated carbocycles. The number of hydrogen-bond donors (Lipinski definition) is 0. The molecule has 1 saturated heterocycles. The number of benzene rings is 2. The molecule has 3 aromatic rings. The Bertz CT molecular complexity index is 1030. The van der Waals surface area contributed by atoms with Crippen LogP contribution >= 0.6 is 0 Å². The van der Waals surface area contributed by atoms with Crippen molar-refractivity contribution < 1.29 is 14.3 Å². The van der Waals surface area contributed by atoms with Gasteiger partial charge in [0.25, 0.3) is 5.91 Å². The first kappa shape index (κ1) is 19.1. The molecule has 1 aromatic heterocycles. The molecular formula is C24H24N2O3. The van der Waals surface area contributed by atoms with E-state index in [1.165, 1.54) is 0 Å². The van der Waals surface area contributed by atoms with E-state index in [4.69, 9.17) is 9.72 Å². The average molecular weight is 388 g/mol. The molecule has 2 heterocycles. The van der Waals surface area contributed by atoms with Gasteiger partial charge in [0.15, 0.2) is 0 Å². The van der Waals surface area contributed by atoms with E-state index in [2.05, 4.69) is 0 Å². The second-order valence-corrected chi connectivity index (χ2v) is 7.28.